The van der Waals surface area contributed by atoms with Gasteiger partial charge in [0, 0.05) is 10.0 Å². The Morgan fingerprint density at radius 1 is 0.941 bits per heavy atom. The molecule has 170 valence electrons. The van der Waals surface area contributed by atoms with Crippen molar-refractivity contribution in [2.75, 3.05) is 6.61 Å². The van der Waals surface area contributed by atoms with Gasteiger partial charge >= 0.3 is 5.97 Å². The van der Waals surface area contributed by atoms with E-state index in [2.05, 4.69) is 26.5 Å². The molecular weight excluding hydrogens is 496 g/mol. The van der Waals surface area contributed by atoms with Crippen molar-refractivity contribution in [1.29, 1.82) is 0 Å². The number of esters is 1. The summed E-state index contributed by atoms with van der Waals surface area (Å²) in [6.07, 6.45) is 1.47. The van der Waals surface area contributed by atoms with E-state index in [0.717, 1.165) is 20.8 Å². The van der Waals surface area contributed by atoms with Gasteiger partial charge < -0.3 is 9.47 Å². The summed E-state index contributed by atoms with van der Waals surface area (Å²) in [6.45, 7) is 1.76. The van der Waals surface area contributed by atoms with E-state index in [4.69, 9.17) is 9.47 Å². The molecule has 0 bridgehead atoms. The molecule has 6 nitrogen and oxygen atoms in total. The van der Waals surface area contributed by atoms with Crippen molar-refractivity contribution in [2.45, 2.75) is 6.92 Å². The zero-order valence-corrected chi connectivity index (χ0v) is 19.9. The zero-order chi connectivity index (χ0) is 23.9. The Hall–Kier alpha value is -3.97. The third-order valence-electron chi connectivity index (χ3n) is 4.99. The van der Waals surface area contributed by atoms with Crippen LogP contribution in [0.4, 0.5) is 0 Å². The number of hydrazone groups is 1. The van der Waals surface area contributed by atoms with E-state index in [1.54, 1.807) is 30.3 Å². The Labute approximate surface area is 205 Å². The number of carbonyl (C=O) groups excluding carboxylic acids is 2. The third-order valence-corrected chi connectivity index (χ3v) is 5.52. The van der Waals surface area contributed by atoms with E-state index in [1.807, 2.05) is 61.5 Å². The summed E-state index contributed by atoms with van der Waals surface area (Å²) in [6, 6.07) is 25.5. The molecule has 0 fully saturated rings. The molecule has 0 saturated carbocycles. The van der Waals surface area contributed by atoms with Gasteiger partial charge in [0.2, 0.25) is 0 Å². The summed E-state index contributed by atoms with van der Waals surface area (Å²) in [5.74, 6) is 0.0181. The number of benzene rings is 4. The number of nitrogens with zero attached hydrogens (tertiary/aromatic N) is 1. The van der Waals surface area contributed by atoms with Crippen molar-refractivity contribution in [3.05, 3.63) is 106 Å². The predicted molar refractivity (Wildman–Crippen MR) is 135 cm³/mol. The zero-order valence-electron chi connectivity index (χ0n) is 18.3. The molecular formula is C27H21BrN2O4. The van der Waals surface area contributed by atoms with Gasteiger partial charge in [0.1, 0.15) is 11.5 Å². The highest BCUT2D eigenvalue weighted by atomic mass is 79.9. The molecule has 0 heterocycles. The molecule has 4 aromatic carbocycles. The molecule has 0 saturated heterocycles. The van der Waals surface area contributed by atoms with Crippen molar-refractivity contribution in [3.8, 4) is 11.5 Å². The van der Waals surface area contributed by atoms with Gasteiger partial charge in [0.15, 0.2) is 6.61 Å². The van der Waals surface area contributed by atoms with Gasteiger partial charge in [-0.05, 0) is 60.2 Å². The topological polar surface area (TPSA) is 77.0 Å². The van der Waals surface area contributed by atoms with E-state index in [0.29, 0.717) is 22.6 Å². The first-order chi connectivity index (χ1) is 16.5. The number of hydrogen-bond donors (Lipinski definition) is 1. The fraction of sp³-hybridized carbons (Fsp3) is 0.0741. The smallest absolute Gasteiger partial charge is 0.343 e. The minimum Gasteiger partial charge on any atom is -0.484 e. The molecule has 0 radical (unpaired) electrons. The van der Waals surface area contributed by atoms with Crippen LogP contribution in [0.1, 0.15) is 21.5 Å². The largest absolute Gasteiger partial charge is 0.484 e. The molecule has 7 heteroatoms. The lowest BCUT2D eigenvalue weighted by Crippen LogP contribution is -2.24. The number of aryl methyl sites for hydroxylation is 1. The second kappa shape index (κ2) is 10.8. The van der Waals surface area contributed by atoms with E-state index < -0.39 is 11.9 Å². The van der Waals surface area contributed by atoms with Crippen LogP contribution >= 0.6 is 15.9 Å². The summed E-state index contributed by atoms with van der Waals surface area (Å²) >= 11 is 3.35. The summed E-state index contributed by atoms with van der Waals surface area (Å²) < 4.78 is 12.1. The van der Waals surface area contributed by atoms with Gasteiger partial charge in [-0.25, -0.2) is 10.2 Å². The Kier molecular flexibility index (Phi) is 7.34. The molecule has 0 aliphatic carbocycles. The van der Waals surface area contributed by atoms with Crippen LogP contribution in [0.2, 0.25) is 0 Å². The van der Waals surface area contributed by atoms with Crippen LogP contribution in [0.5, 0.6) is 11.5 Å². The molecule has 0 spiro atoms. The Morgan fingerprint density at radius 2 is 1.68 bits per heavy atom. The molecule has 0 atom stereocenters. The number of carbonyl (C=O) groups is 2. The standard InChI is InChI=1S/C27H21BrN2O4/c1-18-6-8-20(9-7-18)27(32)34-25-15-10-19-4-2-3-5-23(19)24(25)16-29-30-26(31)17-33-22-13-11-21(28)12-14-22/h2-16H,17H2,1H3,(H,30,31)/b29-16-. The number of hydrogen-bond acceptors (Lipinski definition) is 5. The Bertz CT molecular complexity index is 1350. The molecule has 0 aliphatic heterocycles. The second-order valence-electron chi connectivity index (χ2n) is 7.49. The highest BCUT2D eigenvalue weighted by Crippen LogP contribution is 2.27. The molecule has 0 unspecified atom stereocenters. The van der Waals surface area contributed by atoms with Gasteiger partial charge in [0.25, 0.3) is 5.91 Å². The number of fused-ring (bicyclic) bond motifs is 1. The normalized spacial score (nSPS) is 10.9. The summed E-state index contributed by atoms with van der Waals surface area (Å²) in [5.41, 5.74) is 4.52. The Balaban J connectivity index is 1.50. The van der Waals surface area contributed by atoms with Crippen LogP contribution in [-0.4, -0.2) is 24.7 Å². The first kappa shape index (κ1) is 23.2. The second-order valence-corrected chi connectivity index (χ2v) is 8.41. The fourth-order valence-electron chi connectivity index (χ4n) is 3.23. The van der Waals surface area contributed by atoms with Crippen LogP contribution in [-0.2, 0) is 4.79 Å². The van der Waals surface area contributed by atoms with Gasteiger partial charge in [-0.2, -0.15) is 5.10 Å². The highest BCUT2D eigenvalue weighted by Gasteiger charge is 2.13. The van der Waals surface area contributed by atoms with Gasteiger partial charge in [-0.15, -0.1) is 0 Å². The predicted octanol–water partition coefficient (Wildman–Crippen LogP) is 5.66. The molecule has 34 heavy (non-hydrogen) atoms. The maximum atomic E-state index is 12.7. The molecule has 1 N–H and O–H groups in total. The molecule has 1 amide bonds. The minimum atomic E-state index is -0.475. The monoisotopic (exact) mass is 516 g/mol. The molecule has 0 aliphatic rings. The SMILES string of the molecule is Cc1ccc(C(=O)Oc2ccc3ccccc3c2/C=N\NC(=O)COc2ccc(Br)cc2)cc1. The Morgan fingerprint density at radius 3 is 2.44 bits per heavy atom. The molecule has 0 aromatic heterocycles. The van der Waals surface area contributed by atoms with Crippen molar-refractivity contribution in [3.63, 3.8) is 0 Å². The van der Waals surface area contributed by atoms with E-state index in [9.17, 15) is 9.59 Å². The van der Waals surface area contributed by atoms with Gasteiger partial charge in [-0.1, -0.05) is 64.0 Å². The number of ether oxygens (including phenoxy) is 2. The summed E-state index contributed by atoms with van der Waals surface area (Å²) in [7, 11) is 0. The van der Waals surface area contributed by atoms with E-state index in [1.165, 1.54) is 6.21 Å². The minimum absolute atomic E-state index is 0.191. The van der Waals surface area contributed by atoms with Crippen molar-refractivity contribution in [1.82, 2.24) is 5.43 Å². The summed E-state index contributed by atoms with van der Waals surface area (Å²) in [5, 5.41) is 5.85. The van der Waals surface area contributed by atoms with Crippen molar-refractivity contribution in [2.24, 2.45) is 5.10 Å². The van der Waals surface area contributed by atoms with Gasteiger partial charge in [-0.3, -0.25) is 4.79 Å². The fourth-order valence-corrected chi connectivity index (χ4v) is 3.49. The maximum Gasteiger partial charge on any atom is 0.343 e. The highest BCUT2D eigenvalue weighted by molar-refractivity contribution is 9.10. The summed E-state index contributed by atoms with van der Waals surface area (Å²) in [4.78, 5) is 24.8. The average molecular weight is 517 g/mol. The van der Waals surface area contributed by atoms with Crippen LogP contribution in [0.25, 0.3) is 10.8 Å². The lowest BCUT2D eigenvalue weighted by Gasteiger charge is -2.11. The third kappa shape index (κ3) is 5.88. The van der Waals surface area contributed by atoms with Crippen LogP contribution < -0.4 is 14.9 Å². The number of halogens is 1. The molecule has 4 rings (SSSR count). The van der Waals surface area contributed by atoms with E-state index >= 15 is 0 Å². The van der Waals surface area contributed by atoms with Crippen molar-refractivity contribution < 1.29 is 19.1 Å². The number of nitrogens with one attached hydrogen (secondary N) is 1. The lowest BCUT2D eigenvalue weighted by atomic mass is 10.0. The van der Waals surface area contributed by atoms with Crippen LogP contribution in [0.15, 0.2) is 94.5 Å². The van der Waals surface area contributed by atoms with Crippen molar-refractivity contribution >= 4 is 44.8 Å². The van der Waals surface area contributed by atoms with Crippen LogP contribution in [0, 0.1) is 6.92 Å². The van der Waals surface area contributed by atoms with Gasteiger partial charge in [0.05, 0.1) is 11.8 Å². The first-order valence-electron chi connectivity index (χ1n) is 10.5. The lowest BCUT2D eigenvalue weighted by molar-refractivity contribution is -0.123. The number of rotatable bonds is 7. The van der Waals surface area contributed by atoms with Crippen LogP contribution in [0.3, 0.4) is 0 Å². The molecule has 4 aromatic rings. The average Bonchev–Trinajstić information content (AvgIpc) is 2.85. The number of amides is 1. The maximum absolute atomic E-state index is 12.7. The van der Waals surface area contributed by atoms with E-state index in [-0.39, 0.29) is 6.61 Å². The quantitative estimate of drug-likeness (QED) is 0.149. The first-order valence-corrected chi connectivity index (χ1v) is 11.3.